The molecule has 0 saturated carbocycles. The fourth-order valence-corrected chi connectivity index (χ4v) is 3.02. The maximum Gasteiger partial charge on any atom is 0.416 e. The van der Waals surface area contributed by atoms with Crippen LogP contribution in [0.25, 0.3) is 0 Å². The number of benzene rings is 1. The lowest BCUT2D eigenvalue weighted by atomic mass is 10.1. The first-order chi connectivity index (χ1) is 12.3. The Morgan fingerprint density at radius 1 is 1.15 bits per heavy atom. The van der Waals surface area contributed by atoms with Gasteiger partial charge in [-0.3, -0.25) is 14.9 Å². The highest BCUT2D eigenvalue weighted by molar-refractivity contribution is 7.15. The summed E-state index contributed by atoms with van der Waals surface area (Å²) in [5.41, 5.74) is -0.0155. The van der Waals surface area contributed by atoms with Crippen LogP contribution in [0.3, 0.4) is 0 Å². The van der Waals surface area contributed by atoms with E-state index in [9.17, 15) is 22.8 Å². The highest BCUT2D eigenvalue weighted by Gasteiger charge is 2.29. The van der Waals surface area contributed by atoms with Gasteiger partial charge in [0.25, 0.3) is 5.91 Å². The third-order valence-electron chi connectivity index (χ3n) is 3.48. The van der Waals surface area contributed by atoms with Gasteiger partial charge in [0, 0.05) is 29.8 Å². The van der Waals surface area contributed by atoms with Crippen LogP contribution in [-0.2, 0) is 12.6 Å². The minimum atomic E-state index is -4.36. The summed E-state index contributed by atoms with van der Waals surface area (Å²) in [7, 11) is 0. The number of thiazole rings is 1. The molecule has 3 rings (SSSR count). The van der Waals surface area contributed by atoms with Gasteiger partial charge in [0.2, 0.25) is 5.56 Å². The Kier molecular flexibility index (Phi) is 4.90. The first-order valence-corrected chi connectivity index (χ1v) is 8.24. The summed E-state index contributed by atoms with van der Waals surface area (Å²) in [6.07, 6.45) is -1.09. The molecule has 0 saturated heterocycles. The fourth-order valence-electron chi connectivity index (χ4n) is 2.18. The van der Waals surface area contributed by atoms with Crippen LogP contribution in [0.1, 0.15) is 26.4 Å². The molecule has 1 amide bonds. The van der Waals surface area contributed by atoms with Crippen molar-refractivity contribution in [2.45, 2.75) is 12.6 Å². The number of aromatic nitrogens is 2. The highest BCUT2D eigenvalue weighted by Crippen LogP contribution is 2.30. The lowest BCUT2D eigenvalue weighted by Crippen LogP contribution is -2.14. The van der Waals surface area contributed by atoms with Crippen molar-refractivity contribution in [3.8, 4) is 0 Å². The number of rotatable bonds is 4. The Balaban J connectivity index is 1.65. The van der Waals surface area contributed by atoms with Gasteiger partial charge in [-0.2, -0.15) is 13.2 Å². The molecule has 2 aromatic heterocycles. The number of carbonyl (C=O) groups excluding carboxylic acids is 1. The van der Waals surface area contributed by atoms with Crippen molar-refractivity contribution in [1.29, 1.82) is 0 Å². The van der Waals surface area contributed by atoms with Gasteiger partial charge in [-0.15, -0.1) is 11.3 Å². The van der Waals surface area contributed by atoms with Crippen LogP contribution in [0.2, 0.25) is 0 Å². The van der Waals surface area contributed by atoms with E-state index >= 15 is 0 Å². The van der Waals surface area contributed by atoms with Gasteiger partial charge in [0.15, 0.2) is 5.13 Å². The number of amides is 1. The molecule has 5 nitrogen and oxygen atoms in total. The number of carbonyl (C=O) groups is 1. The maximum absolute atomic E-state index is 12.6. The molecular weight excluding hydrogens is 367 g/mol. The molecule has 0 fully saturated rings. The molecule has 2 N–H and O–H groups in total. The fraction of sp³-hybridized carbons (Fsp3) is 0.118. The Morgan fingerprint density at radius 3 is 2.50 bits per heavy atom. The van der Waals surface area contributed by atoms with Crippen molar-refractivity contribution in [3.63, 3.8) is 0 Å². The van der Waals surface area contributed by atoms with E-state index in [1.807, 2.05) is 0 Å². The molecule has 0 aliphatic rings. The average molecular weight is 379 g/mol. The monoisotopic (exact) mass is 379 g/mol. The predicted octanol–water partition coefficient (Wildman–Crippen LogP) is 3.69. The predicted molar refractivity (Wildman–Crippen MR) is 91.4 cm³/mol. The molecule has 0 unspecified atom stereocenters. The number of H-pyrrole nitrogens is 1. The molecule has 0 aliphatic carbocycles. The molecule has 26 heavy (non-hydrogen) atoms. The summed E-state index contributed by atoms with van der Waals surface area (Å²) in [6.45, 7) is 0. The topological polar surface area (TPSA) is 74.8 Å². The van der Waals surface area contributed by atoms with Gasteiger partial charge >= 0.3 is 6.18 Å². The number of anilines is 1. The number of hydrogen-bond donors (Lipinski definition) is 2. The molecule has 134 valence electrons. The lowest BCUT2D eigenvalue weighted by molar-refractivity contribution is -0.137. The average Bonchev–Trinajstić information content (AvgIpc) is 3.02. The van der Waals surface area contributed by atoms with Crippen LogP contribution in [0, 0.1) is 0 Å². The molecule has 0 atom stereocenters. The van der Waals surface area contributed by atoms with E-state index in [1.54, 1.807) is 6.20 Å². The van der Waals surface area contributed by atoms with E-state index in [0.717, 1.165) is 17.0 Å². The second-order valence-electron chi connectivity index (χ2n) is 5.40. The second kappa shape index (κ2) is 7.12. The van der Waals surface area contributed by atoms with Gasteiger partial charge in [0.05, 0.1) is 11.1 Å². The smallest absolute Gasteiger partial charge is 0.328 e. The molecule has 0 radical (unpaired) electrons. The van der Waals surface area contributed by atoms with Crippen LogP contribution >= 0.6 is 11.3 Å². The van der Waals surface area contributed by atoms with Crippen molar-refractivity contribution >= 4 is 22.4 Å². The second-order valence-corrected chi connectivity index (χ2v) is 6.51. The van der Waals surface area contributed by atoms with Crippen LogP contribution in [0.15, 0.2) is 53.6 Å². The summed E-state index contributed by atoms with van der Waals surface area (Å²) >= 11 is 1.23. The van der Waals surface area contributed by atoms with E-state index in [2.05, 4.69) is 15.3 Å². The van der Waals surface area contributed by atoms with Crippen molar-refractivity contribution in [2.24, 2.45) is 0 Å². The summed E-state index contributed by atoms with van der Waals surface area (Å²) in [4.78, 5) is 30.3. The molecule has 0 bridgehead atoms. The van der Waals surface area contributed by atoms with E-state index in [1.165, 1.54) is 41.8 Å². The number of alkyl halides is 3. The molecule has 0 aliphatic heterocycles. The molecule has 0 spiro atoms. The summed E-state index contributed by atoms with van der Waals surface area (Å²) in [6, 6.07) is 7.55. The van der Waals surface area contributed by atoms with Gasteiger partial charge in [-0.1, -0.05) is 12.1 Å². The Morgan fingerprint density at radius 2 is 1.88 bits per heavy atom. The number of nitrogens with zero attached hydrogens (tertiary/aromatic N) is 1. The third kappa shape index (κ3) is 4.37. The Hall–Kier alpha value is -2.94. The van der Waals surface area contributed by atoms with E-state index < -0.39 is 17.6 Å². The number of aromatic amines is 1. The molecular formula is C17H12F3N3O2S. The van der Waals surface area contributed by atoms with Crippen molar-refractivity contribution in [1.82, 2.24) is 9.97 Å². The zero-order valence-corrected chi connectivity index (χ0v) is 13.9. The van der Waals surface area contributed by atoms with E-state index in [4.69, 9.17) is 0 Å². The van der Waals surface area contributed by atoms with Crippen molar-refractivity contribution in [2.75, 3.05) is 5.32 Å². The third-order valence-corrected chi connectivity index (χ3v) is 4.39. The maximum atomic E-state index is 12.6. The highest BCUT2D eigenvalue weighted by atomic mass is 32.1. The summed E-state index contributed by atoms with van der Waals surface area (Å²) in [5.74, 6) is -0.420. The SMILES string of the molecule is O=C(Nc1ncc(Cc2ccc(C(F)(F)F)cc2)s1)c1ccc(=O)[nH]c1. The standard InChI is InChI=1S/C17H12F3N3O2S/c18-17(19,20)12-4-1-10(2-5-12)7-13-9-22-16(26-13)23-15(25)11-3-6-14(24)21-8-11/h1-6,8-9H,7H2,(H,21,24)(H,22,23,25). The van der Waals surface area contributed by atoms with E-state index in [-0.39, 0.29) is 11.1 Å². The van der Waals surface area contributed by atoms with Crippen LogP contribution in [0.5, 0.6) is 0 Å². The number of pyridine rings is 1. The van der Waals surface area contributed by atoms with Gasteiger partial charge < -0.3 is 4.98 Å². The van der Waals surface area contributed by atoms with Gasteiger partial charge in [-0.05, 0) is 23.8 Å². The first-order valence-electron chi connectivity index (χ1n) is 7.42. The zero-order chi connectivity index (χ0) is 18.7. The minimum absolute atomic E-state index is 0.282. The first kappa shape index (κ1) is 17.9. The number of hydrogen-bond acceptors (Lipinski definition) is 4. The summed E-state index contributed by atoms with van der Waals surface area (Å²) < 4.78 is 37.7. The van der Waals surface area contributed by atoms with Gasteiger partial charge in [-0.25, -0.2) is 4.98 Å². The summed E-state index contributed by atoms with van der Waals surface area (Å²) in [5, 5.41) is 2.97. The largest absolute Gasteiger partial charge is 0.416 e. The molecule has 2 heterocycles. The van der Waals surface area contributed by atoms with E-state index in [0.29, 0.717) is 17.1 Å². The van der Waals surface area contributed by atoms with Crippen molar-refractivity contribution < 1.29 is 18.0 Å². The van der Waals surface area contributed by atoms with Crippen LogP contribution in [-0.4, -0.2) is 15.9 Å². The van der Waals surface area contributed by atoms with Gasteiger partial charge in [0.1, 0.15) is 0 Å². The molecule has 9 heteroatoms. The van der Waals surface area contributed by atoms with Crippen molar-refractivity contribution in [3.05, 3.63) is 80.7 Å². The quantitative estimate of drug-likeness (QED) is 0.726. The Bertz CT molecular complexity index is 957. The molecule has 3 aromatic rings. The lowest BCUT2D eigenvalue weighted by Gasteiger charge is -2.06. The van der Waals surface area contributed by atoms with Crippen LogP contribution in [0.4, 0.5) is 18.3 Å². The zero-order valence-electron chi connectivity index (χ0n) is 13.1. The van der Waals surface area contributed by atoms with Crippen LogP contribution < -0.4 is 10.9 Å². The molecule has 1 aromatic carbocycles. The normalized spacial score (nSPS) is 11.3. The Labute approximate surface area is 149 Å². The number of nitrogens with one attached hydrogen (secondary N) is 2. The minimum Gasteiger partial charge on any atom is -0.328 e. The number of halogens is 3.